The van der Waals surface area contributed by atoms with Crippen molar-refractivity contribution in [1.82, 2.24) is 15.6 Å². The molecule has 0 saturated carbocycles. The third-order valence-corrected chi connectivity index (χ3v) is 4.71. The van der Waals surface area contributed by atoms with E-state index in [1.54, 1.807) is 24.4 Å². The summed E-state index contributed by atoms with van der Waals surface area (Å²) in [6, 6.07) is 10.4. The summed E-state index contributed by atoms with van der Waals surface area (Å²) in [4.78, 5) is 22.2. The average Bonchev–Trinajstić information content (AvgIpc) is 3.20. The minimum atomic E-state index is -0.356. The Balaban J connectivity index is 1.60. The molecule has 1 aliphatic heterocycles. The highest BCUT2D eigenvalue weighted by atomic mass is 19.1. The van der Waals surface area contributed by atoms with Gasteiger partial charge in [-0.05, 0) is 43.2 Å². The number of aromatic nitrogens is 1. The van der Waals surface area contributed by atoms with E-state index in [1.165, 1.54) is 13.2 Å². The first-order chi connectivity index (χ1) is 14.1. The average molecular weight is 399 g/mol. The molecule has 1 fully saturated rings. The predicted octanol–water partition coefficient (Wildman–Crippen LogP) is 2.34. The van der Waals surface area contributed by atoms with Crippen molar-refractivity contribution in [2.75, 3.05) is 31.6 Å². The van der Waals surface area contributed by atoms with Gasteiger partial charge in [0.25, 0.3) is 0 Å². The van der Waals surface area contributed by atoms with E-state index in [2.05, 4.69) is 20.6 Å². The van der Waals surface area contributed by atoms with Crippen LogP contribution >= 0.6 is 0 Å². The highest BCUT2D eigenvalue weighted by Gasteiger charge is 2.25. The molecule has 0 amide bonds. The van der Waals surface area contributed by atoms with Gasteiger partial charge in [0, 0.05) is 31.9 Å². The minimum Gasteiger partial charge on any atom is -0.465 e. The highest BCUT2D eigenvalue weighted by Crippen LogP contribution is 2.20. The molecule has 1 unspecified atom stereocenters. The van der Waals surface area contributed by atoms with E-state index in [0.717, 1.165) is 25.1 Å². The van der Waals surface area contributed by atoms with Crippen LogP contribution in [0.5, 0.6) is 0 Å². The number of esters is 1. The summed E-state index contributed by atoms with van der Waals surface area (Å²) >= 11 is 0. The van der Waals surface area contributed by atoms with E-state index < -0.39 is 0 Å². The summed E-state index contributed by atoms with van der Waals surface area (Å²) in [5, 5.41) is 6.66. The second-order valence-electron chi connectivity index (χ2n) is 6.77. The van der Waals surface area contributed by atoms with Crippen molar-refractivity contribution in [3.05, 3.63) is 59.5 Å². The molecule has 7 nitrogen and oxygen atoms in total. The summed E-state index contributed by atoms with van der Waals surface area (Å²) in [5.41, 5.74) is 1.50. The van der Waals surface area contributed by atoms with Crippen molar-refractivity contribution >= 4 is 17.7 Å². The van der Waals surface area contributed by atoms with Gasteiger partial charge in [0.15, 0.2) is 17.6 Å². The topological polar surface area (TPSA) is 78.8 Å². The van der Waals surface area contributed by atoms with Crippen molar-refractivity contribution < 1.29 is 13.9 Å². The van der Waals surface area contributed by atoms with Gasteiger partial charge in [-0.1, -0.05) is 12.1 Å². The number of pyridine rings is 1. The molecule has 154 valence electrons. The second kappa shape index (κ2) is 9.86. The Bertz CT molecular complexity index is 856. The smallest absolute Gasteiger partial charge is 0.337 e. The summed E-state index contributed by atoms with van der Waals surface area (Å²) in [6.45, 7) is 4.61. The van der Waals surface area contributed by atoms with Gasteiger partial charge in [-0.2, -0.15) is 0 Å². The van der Waals surface area contributed by atoms with Crippen LogP contribution in [0.15, 0.2) is 47.6 Å². The lowest BCUT2D eigenvalue weighted by atomic mass is 10.1. The van der Waals surface area contributed by atoms with Crippen LogP contribution in [0.1, 0.15) is 29.3 Å². The maximum Gasteiger partial charge on any atom is 0.337 e. The highest BCUT2D eigenvalue weighted by molar-refractivity contribution is 5.89. The Kier molecular flexibility index (Phi) is 6.99. The van der Waals surface area contributed by atoms with Crippen LogP contribution in [0.2, 0.25) is 0 Å². The first kappa shape index (κ1) is 20.6. The predicted molar refractivity (Wildman–Crippen MR) is 111 cm³/mol. The number of hydrogen-bond acceptors (Lipinski definition) is 5. The Labute approximate surface area is 170 Å². The maximum atomic E-state index is 14.0. The molecular weight excluding hydrogens is 373 g/mol. The van der Waals surface area contributed by atoms with Crippen LogP contribution < -0.4 is 15.5 Å². The number of nitrogens with zero attached hydrogens (tertiary/aromatic N) is 3. The molecular formula is C21H26FN5O2. The van der Waals surface area contributed by atoms with Crippen LogP contribution in [0.25, 0.3) is 0 Å². The first-order valence-electron chi connectivity index (χ1n) is 9.68. The number of carbonyl (C=O) groups is 1. The van der Waals surface area contributed by atoms with Gasteiger partial charge in [0.1, 0.15) is 0 Å². The number of benzene rings is 1. The molecule has 0 radical (unpaired) electrons. The van der Waals surface area contributed by atoms with Crippen molar-refractivity contribution in [1.29, 1.82) is 0 Å². The van der Waals surface area contributed by atoms with E-state index in [-0.39, 0.29) is 17.8 Å². The summed E-state index contributed by atoms with van der Waals surface area (Å²) < 4.78 is 18.7. The molecule has 0 aliphatic carbocycles. The number of methoxy groups -OCH3 is 1. The number of guanidine groups is 1. The number of anilines is 1. The Morgan fingerprint density at radius 3 is 2.83 bits per heavy atom. The fraction of sp³-hybridized carbons (Fsp3) is 0.381. The van der Waals surface area contributed by atoms with Gasteiger partial charge in [-0.3, -0.25) is 0 Å². The molecule has 3 rings (SSSR count). The fourth-order valence-electron chi connectivity index (χ4n) is 3.23. The number of halogens is 1. The van der Waals surface area contributed by atoms with E-state index in [0.29, 0.717) is 30.4 Å². The number of rotatable bonds is 6. The SMILES string of the molecule is CCNC(=NCc1ccc(C(=O)OC)cc1)NC1CCN(c2ncccc2F)C1. The number of nitrogens with one attached hydrogen (secondary N) is 2. The lowest BCUT2D eigenvalue weighted by Gasteiger charge is -2.20. The summed E-state index contributed by atoms with van der Waals surface area (Å²) in [7, 11) is 1.36. The van der Waals surface area contributed by atoms with Gasteiger partial charge in [0.05, 0.1) is 19.2 Å². The normalized spacial score (nSPS) is 16.6. The van der Waals surface area contributed by atoms with Gasteiger partial charge in [-0.25, -0.2) is 19.2 Å². The summed E-state index contributed by atoms with van der Waals surface area (Å²) in [5.74, 6) is 0.441. The molecule has 1 atom stereocenters. The summed E-state index contributed by atoms with van der Waals surface area (Å²) in [6.07, 6.45) is 2.48. The first-order valence-corrected chi connectivity index (χ1v) is 9.68. The van der Waals surface area contributed by atoms with Gasteiger partial charge < -0.3 is 20.3 Å². The zero-order valence-electron chi connectivity index (χ0n) is 16.7. The molecule has 0 bridgehead atoms. The molecule has 1 aromatic carbocycles. The lowest BCUT2D eigenvalue weighted by Crippen LogP contribution is -2.44. The van der Waals surface area contributed by atoms with Crippen LogP contribution in [0.3, 0.4) is 0 Å². The maximum absolute atomic E-state index is 14.0. The quantitative estimate of drug-likeness (QED) is 0.441. The number of carbonyl (C=O) groups excluding carboxylic acids is 1. The van der Waals surface area contributed by atoms with Crippen molar-refractivity contribution in [2.24, 2.45) is 4.99 Å². The molecule has 29 heavy (non-hydrogen) atoms. The Hall–Kier alpha value is -3.16. The van der Waals surface area contributed by atoms with Crippen molar-refractivity contribution in [2.45, 2.75) is 25.9 Å². The Morgan fingerprint density at radius 2 is 2.14 bits per heavy atom. The number of ether oxygens (including phenoxy) is 1. The third kappa shape index (κ3) is 5.43. The fourth-order valence-corrected chi connectivity index (χ4v) is 3.23. The zero-order valence-corrected chi connectivity index (χ0v) is 16.7. The molecule has 0 spiro atoms. The largest absolute Gasteiger partial charge is 0.465 e. The van der Waals surface area contributed by atoms with E-state index in [4.69, 9.17) is 4.74 Å². The van der Waals surface area contributed by atoms with Crippen LogP contribution in [-0.4, -0.2) is 49.7 Å². The molecule has 2 aromatic rings. The van der Waals surface area contributed by atoms with Gasteiger partial charge in [0.2, 0.25) is 0 Å². The van der Waals surface area contributed by atoms with Crippen LogP contribution in [-0.2, 0) is 11.3 Å². The second-order valence-corrected chi connectivity index (χ2v) is 6.77. The Morgan fingerprint density at radius 1 is 1.34 bits per heavy atom. The minimum absolute atomic E-state index is 0.149. The molecule has 8 heteroatoms. The zero-order chi connectivity index (χ0) is 20.6. The standard InChI is InChI=1S/C21H26FN5O2/c1-3-23-21(25-13-15-6-8-16(9-7-15)20(28)29-2)26-17-10-12-27(14-17)19-18(22)5-4-11-24-19/h4-9,11,17H,3,10,12-14H2,1-2H3,(H2,23,25,26). The van der Waals surface area contributed by atoms with Crippen LogP contribution in [0.4, 0.5) is 10.2 Å². The molecule has 2 N–H and O–H groups in total. The van der Waals surface area contributed by atoms with Crippen LogP contribution in [0, 0.1) is 5.82 Å². The molecule has 2 heterocycles. The van der Waals surface area contributed by atoms with E-state index >= 15 is 0 Å². The van der Waals surface area contributed by atoms with E-state index in [1.807, 2.05) is 24.0 Å². The lowest BCUT2D eigenvalue weighted by molar-refractivity contribution is 0.0600. The molecule has 1 aliphatic rings. The monoisotopic (exact) mass is 399 g/mol. The molecule has 1 aromatic heterocycles. The number of hydrogen-bond donors (Lipinski definition) is 2. The van der Waals surface area contributed by atoms with Crippen molar-refractivity contribution in [3.63, 3.8) is 0 Å². The van der Waals surface area contributed by atoms with Crippen molar-refractivity contribution in [3.8, 4) is 0 Å². The number of aliphatic imine (C=N–C) groups is 1. The molecule has 1 saturated heterocycles. The third-order valence-electron chi connectivity index (χ3n) is 4.71. The van der Waals surface area contributed by atoms with E-state index in [9.17, 15) is 9.18 Å². The van der Waals surface area contributed by atoms with Gasteiger partial charge in [-0.15, -0.1) is 0 Å². The van der Waals surface area contributed by atoms with Gasteiger partial charge >= 0.3 is 5.97 Å².